The van der Waals surface area contributed by atoms with Crippen molar-refractivity contribution < 1.29 is 4.74 Å². The Balaban J connectivity index is 2.11. The van der Waals surface area contributed by atoms with E-state index in [0.29, 0.717) is 11.4 Å². The van der Waals surface area contributed by atoms with Crippen LogP contribution in [0, 0.1) is 0 Å². The van der Waals surface area contributed by atoms with Crippen LogP contribution in [0.5, 0.6) is 5.75 Å². The standard InChI is InChI=1S/C11H16N6O/c1-18-8-2-3-9(16-6-4-13-5-7-16)17-10(8)14-11(12)15-17/h2-3,13H,4-7H2,1H3,(H2,12,15). The highest BCUT2D eigenvalue weighted by Crippen LogP contribution is 2.25. The Bertz CT molecular complexity index is 560. The number of nitrogens with zero attached hydrogens (tertiary/aromatic N) is 4. The van der Waals surface area contributed by atoms with Gasteiger partial charge >= 0.3 is 0 Å². The van der Waals surface area contributed by atoms with Crippen LogP contribution in [0.1, 0.15) is 0 Å². The minimum atomic E-state index is 0.260. The molecule has 96 valence electrons. The number of nitrogen functional groups attached to an aromatic ring is 1. The van der Waals surface area contributed by atoms with Gasteiger partial charge in [0.2, 0.25) is 11.6 Å². The average Bonchev–Trinajstić information content (AvgIpc) is 2.80. The molecule has 1 saturated heterocycles. The maximum Gasteiger partial charge on any atom is 0.240 e. The summed E-state index contributed by atoms with van der Waals surface area (Å²) in [5.41, 5.74) is 6.34. The number of aromatic nitrogens is 3. The zero-order valence-corrected chi connectivity index (χ0v) is 10.3. The van der Waals surface area contributed by atoms with Gasteiger partial charge in [-0.25, -0.2) is 0 Å². The fraction of sp³-hybridized carbons (Fsp3) is 0.455. The number of piperazine rings is 1. The fourth-order valence-electron chi connectivity index (χ4n) is 2.24. The zero-order valence-electron chi connectivity index (χ0n) is 10.3. The highest BCUT2D eigenvalue weighted by molar-refractivity contribution is 5.61. The van der Waals surface area contributed by atoms with Crippen LogP contribution < -0.4 is 20.7 Å². The van der Waals surface area contributed by atoms with Gasteiger partial charge in [0.05, 0.1) is 7.11 Å². The number of hydrogen-bond donors (Lipinski definition) is 2. The van der Waals surface area contributed by atoms with E-state index in [1.807, 2.05) is 12.1 Å². The molecule has 3 heterocycles. The van der Waals surface area contributed by atoms with Crippen LogP contribution in [0.3, 0.4) is 0 Å². The lowest BCUT2D eigenvalue weighted by Gasteiger charge is -2.29. The third kappa shape index (κ3) is 1.72. The molecule has 2 aromatic rings. The Morgan fingerprint density at radius 2 is 2.11 bits per heavy atom. The van der Waals surface area contributed by atoms with Gasteiger partial charge in [0.25, 0.3) is 0 Å². The predicted molar refractivity (Wildman–Crippen MR) is 69.0 cm³/mol. The van der Waals surface area contributed by atoms with Crippen LogP contribution in [0.25, 0.3) is 5.65 Å². The second kappa shape index (κ2) is 4.34. The van der Waals surface area contributed by atoms with Crippen molar-refractivity contribution in [3.05, 3.63) is 12.1 Å². The number of rotatable bonds is 2. The van der Waals surface area contributed by atoms with Crippen LogP contribution in [-0.4, -0.2) is 47.9 Å². The molecular weight excluding hydrogens is 232 g/mol. The van der Waals surface area contributed by atoms with Gasteiger partial charge in [0.1, 0.15) is 5.82 Å². The molecule has 0 radical (unpaired) electrons. The number of anilines is 2. The van der Waals surface area contributed by atoms with Gasteiger partial charge in [-0.2, -0.15) is 9.50 Å². The second-order valence-electron chi connectivity index (χ2n) is 4.20. The molecule has 3 rings (SSSR count). The molecule has 2 aromatic heterocycles. The largest absolute Gasteiger partial charge is 0.493 e. The highest BCUT2D eigenvalue weighted by atomic mass is 16.5. The van der Waals surface area contributed by atoms with Crippen LogP contribution in [0.2, 0.25) is 0 Å². The minimum Gasteiger partial charge on any atom is -0.493 e. The molecule has 0 spiro atoms. The van der Waals surface area contributed by atoms with Gasteiger partial charge in [-0.1, -0.05) is 0 Å². The summed E-state index contributed by atoms with van der Waals surface area (Å²) in [7, 11) is 1.62. The quantitative estimate of drug-likeness (QED) is 0.761. The Labute approximate surface area is 105 Å². The highest BCUT2D eigenvalue weighted by Gasteiger charge is 2.17. The lowest BCUT2D eigenvalue weighted by atomic mass is 10.3. The molecule has 0 saturated carbocycles. The van der Waals surface area contributed by atoms with E-state index in [4.69, 9.17) is 10.5 Å². The fourth-order valence-corrected chi connectivity index (χ4v) is 2.24. The van der Waals surface area contributed by atoms with Crippen molar-refractivity contribution in [2.45, 2.75) is 0 Å². The first kappa shape index (κ1) is 11.1. The van der Waals surface area contributed by atoms with E-state index in [-0.39, 0.29) is 5.95 Å². The summed E-state index contributed by atoms with van der Waals surface area (Å²) in [6.45, 7) is 3.83. The molecule has 7 nitrogen and oxygen atoms in total. The second-order valence-corrected chi connectivity index (χ2v) is 4.20. The molecule has 18 heavy (non-hydrogen) atoms. The van der Waals surface area contributed by atoms with E-state index in [1.165, 1.54) is 0 Å². The first-order chi connectivity index (χ1) is 8.79. The molecular formula is C11H16N6O. The molecule has 0 aliphatic carbocycles. The van der Waals surface area contributed by atoms with Gasteiger partial charge in [0.15, 0.2) is 5.75 Å². The molecule has 0 amide bonds. The number of hydrogen-bond acceptors (Lipinski definition) is 6. The van der Waals surface area contributed by atoms with Crippen molar-refractivity contribution in [1.29, 1.82) is 0 Å². The summed E-state index contributed by atoms with van der Waals surface area (Å²) in [4.78, 5) is 6.46. The molecule has 3 N–H and O–H groups in total. The topological polar surface area (TPSA) is 80.7 Å². The van der Waals surface area contributed by atoms with Gasteiger partial charge in [0, 0.05) is 26.2 Å². The SMILES string of the molecule is COc1ccc(N2CCNCC2)n2nc(N)nc12. The molecule has 1 aliphatic rings. The monoisotopic (exact) mass is 248 g/mol. The third-order valence-corrected chi connectivity index (χ3v) is 3.11. The maximum atomic E-state index is 5.68. The summed E-state index contributed by atoms with van der Waals surface area (Å²) < 4.78 is 7.02. The Morgan fingerprint density at radius 1 is 1.33 bits per heavy atom. The van der Waals surface area contributed by atoms with Crippen molar-refractivity contribution in [3.63, 3.8) is 0 Å². The van der Waals surface area contributed by atoms with E-state index in [2.05, 4.69) is 20.3 Å². The van der Waals surface area contributed by atoms with Crippen LogP contribution in [0.4, 0.5) is 11.8 Å². The Kier molecular flexibility index (Phi) is 2.67. The lowest BCUT2D eigenvalue weighted by molar-refractivity contribution is 0.416. The van der Waals surface area contributed by atoms with Gasteiger partial charge < -0.3 is 20.7 Å². The first-order valence-corrected chi connectivity index (χ1v) is 5.94. The number of pyridine rings is 1. The van der Waals surface area contributed by atoms with Gasteiger partial charge in [-0.05, 0) is 12.1 Å². The first-order valence-electron chi connectivity index (χ1n) is 5.94. The molecule has 1 fully saturated rings. The average molecular weight is 248 g/mol. The lowest BCUT2D eigenvalue weighted by Crippen LogP contribution is -2.44. The van der Waals surface area contributed by atoms with E-state index in [1.54, 1.807) is 11.6 Å². The minimum absolute atomic E-state index is 0.260. The third-order valence-electron chi connectivity index (χ3n) is 3.11. The van der Waals surface area contributed by atoms with Crippen molar-refractivity contribution in [2.24, 2.45) is 0 Å². The Hall–Kier alpha value is -2.02. The van der Waals surface area contributed by atoms with Crippen LogP contribution in [-0.2, 0) is 0 Å². The summed E-state index contributed by atoms with van der Waals surface area (Å²) >= 11 is 0. The van der Waals surface area contributed by atoms with E-state index < -0.39 is 0 Å². The van der Waals surface area contributed by atoms with Crippen LogP contribution >= 0.6 is 0 Å². The summed E-state index contributed by atoms with van der Waals surface area (Å²) in [5, 5.41) is 7.56. The van der Waals surface area contributed by atoms with Gasteiger partial charge in [-0.3, -0.25) is 0 Å². The van der Waals surface area contributed by atoms with E-state index in [0.717, 1.165) is 32.0 Å². The van der Waals surface area contributed by atoms with E-state index in [9.17, 15) is 0 Å². The number of nitrogens with one attached hydrogen (secondary N) is 1. The number of nitrogens with two attached hydrogens (primary N) is 1. The van der Waals surface area contributed by atoms with Gasteiger partial charge in [-0.15, -0.1) is 5.10 Å². The molecule has 0 aromatic carbocycles. The van der Waals surface area contributed by atoms with Crippen molar-refractivity contribution >= 4 is 17.4 Å². The normalized spacial score (nSPS) is 16.2. The molecule has 0 bridgehead atoms. The Morgan fingerprint density at radius 3 is 2.83 bits per heavy atom. The summed E-state index contributed by atoms with van der Waals surface area (Å²) in [5.74, 6) is 1.94. The van der Waals surface area contributed by atoms with Crippen molar-refractivity contribution in [3.8, 4) is 5.75 Å². The smallest absolute Gasteiger partial charge is 0.240 e. The predicted octanol–water partition coefficient (Wildman–Crippen LogP) is -0.270. The summed E-state index contributed by atoms with van der Waals surface area (Å²) in [6.07, 6.45) is 0. The maximum absolute atomic E-state index is 5.68. The van der Waals surface area contributed by atoms with E-state index >= 15 is 0 Å². The molecule has 0 unspecified atom stereocenters. The number of fused-ring (bicyclic) bond motifs is 1. The number of methoxy groups -OCH3 is 1. The molecule has 7 heteroatoms. The van der Waals surface area contributed by atoms with Crippen LogP contribution in [0.15, 0.2) is 12.1 Å². The van der Waals surface area contributed by atoms with Crippen molar-refractivity contribution in [1.82, 2.24) is 19.9 Å². The zero-order chi connectivity index (χ0) is 12.5. The molecule has 1 aliphatic heterocycles. The summed E-state index contributed by atoms with van der Waals surface area (Å²) in [6, 6.07) is 3.89. The van der Waals surface area contributed by atoms with Crippen molar-refractivity contribution in [2.75, 3.05) is 43.9 Å². The number of ether oxygens (including phenoxy) is 1. The molecule has 0 atom stereocenters.